The normalized spacial score (nSPS) is 20.0. The highest BCUT2D eigenvalue weighted by molar-refractivity contribution is 7.88. The number of benzene rings is 1. The lowest BCUT2D eigenvalue weighted by Crippen LogP contribution is -2.45. The van der Waals surface area contributed by atoms with Crippen LogP contribution in [0.1, 0.15) is 34.2 Å². The summed E-state index contributed by atoms with van der Waals surface area (Å²) in [4.78, 5) is 33.2. The van der Waals surface area contributed by atoms with E-state index in [1.807, 2.05) is 6.92 Å². The maximum absolute atomic E-state index is 13.6. The Balaban J connectivity index is 1.58. The van der Waals surface area contributed by atoms with Crippen molar-refractivity contribution < 1.29 is 27.2 Å². The van der Waals surface area contributed by atoms with Gasteiger partial charge in [-0.15, -0.1) is 0 Å². The van der Waals surface area contributed by atoms with Gasteiger partial charge in [-0.25, -0.2) is 27.4 Å². The summed E-state index contributed by atoms with van der Waals surface area (Å²) in [6.45, 7) is 2.02. The Kier molecular flexibility index (Phi) is 6.50. The fourth-order valence-electron chi connectivity index (χ4n) is 4.12. The topological polar surface area (TPSA) is 150 Å². The second-order valence-electron chi connectivity index (χ2n) is 8.52. The third-order valence-corrected chi connectivity index (χ3v) is 6.52. The number of rotatable bonds is 4. The van der Waals surface area contributed by atoms with Crippen LogP contribution in [0.5, 0.6) is 0 Å². The molecule has 2 N–H and O–H groups in total. The molecule has 12 nitrogen and oxygen atoms in total. The van der Waals surface area contributed by atoms with E-state index in [2.05, 4.69) is 15.1 Å². The molecule has 2 aliphatic heterocycles. The van der Waals surface area contributed by atoms with E-state index in [-0.39, 0.29) is 42.6 Å². The average Bonchev–Trinajstić information content (AvgIpc) is 3.07. The molecule has 2 aromatic rings. The molecule has 4 rings (SSSR count). The number of hydrogen-bond acceptors (Lipinski definition) is 7. The first-order valence-corrected chi connectivity index (χ1v) is 12.6. The van der Waals surface area contributed by atoms with E-state index in [1.165, 1.54) is 28.8 Å². The number of nitriles is 1. The molecule has 1 aromatic carbocycles. The van der Waals surface area contributed by atoms with Crippen LogP contribution in [0.4, 0.5) is 14.9 Å². The predicted octanol–water partition coefficient (Wildman–Crippen LogP) is 0.808. The molecule has 1 aromatic heterocycles. The Bertz CT molecular complexity index is 1340. The number of urea groups is 1. The third-order valence-electron chi connectivity index (χ3n) is 5.83. The van der Waals surface area contributed by atoms with E-state index in [9.17, 15) is 22.4 Å². The highest BCUT2D eigenvalue weighted by Gasteiger charge is 2.37. The zero-order valence-electron chi connectivity index (χ0n) is 19.3. The van der Waals surface area contributed by atoms with E-state index in [1.54, 1.807) is 6.07 Å². The van der Waals surface area contributed by atoms with Gasteiger partial charge in [-0.05, 0) is 25.1 Å². The Labute approximate surface area is 201 Å². The van der Waals surface area contributed by atoms with Crippen LogP contribution in [0.25, 0.3) is 0 Å². The molecule has 3 amide bonds. The zero-order chi connectivity index (χ0) is 25.5. The van der Waals surface area contributed by atoms with Crippen LogP contribution in [0.3, 0.4) is 0 Å². The summed E-state index contributed by atoms with van der Waals surface area (Å²) in [7, 11) is -2.02. The van der Waals surface area contributed by atoms with E-state index in [4.69, 9.17) is 10.1 Å². The molecule has 0 saturated carbocycles. The van der Waals surface area contributed by atoms with Crippen LogP contribution >= 0.6 is 0 Å². The van der Waals surface area contributed by atoms with Crippen molar-refractivity contribution in [2.45, 2.75) is 38.6 Å². The van der Waals surface area contributed by atoms with Gasteiger partial charge in [-0.1, -0.05) is 0 Å². The molecular weight excluding hydrogens is 481 g/mol. The molecule has 2 atom stereocenters. The van der Waals surface area contributed by atoms with Crippen LogP contribution < -0.4 is 10.0 Å². The molecule has 0 aliphatic carbocycles. The number of sulfonamides is 1. The van der Waals surface area contributed by atoms with Gasteiger partial charge in [-0.3, -0.25) is 14.3 Å². The largest absolute Gasteiger partial charge is 0.322 e. The molecule has 14 heteroatoms. The van der Waals surface area contributed by atoms with Gasteiger partial charge < -0.3 is 10.2 Å². The van der Waals surface area contributed by atoms with E-state index in [0.29, 0.717) is 17.7 Å². The summed E-state index contributed by atoms with van der Waals surface area (Å²) in [5, 5.41) is 17.3. The van der Waals surface area contributed by atoms with Gasteiger partial charge in [-0.2, -0.15) is 10.4 Å². The molecule has 3 heterocycles. The number of nitrogens with one attached hydrogen (secondary N) is 2. The van der Waals surface area contributed by atoms with Gasteiger partial charge in [0.2, 0.25) is 10.0 Å². The number of hydrogen-bond donors (Lipinski definition) is 2. The highest BCUT2D eigenvalue weighted by atomic mass is 32.2. The molecule has 186 valence electrons. The number of aromatic nitrogens is 2. The monoisotopic (exact) mass is 505 g/mol. The Morgan fingerprint density at radius 3 is 2.83 bits per heavy atom. The van der Waals surface area contributed by atoms with E-state index >= 15 is 0 Å². The fourth-order valence-corrected chi connectivity index (χ4v) is 4.60. The summed E-state index contributed by atoms with van der Waals surface area (Å²) in [5.41, 5.74) is 1.59. The average molecular weight is 506 g/mol. The van der Waals surface area contributed by atoms with Crippen LogP contribution in [-0.4, -0.2) is 72.1 Å². The third kappa shape index (κ3) is 5.11. The first-order valence-electron chi connectivity index (χ1n) is 10.7. The smallest absolute Gasteiger partial charge is 0.317 e. The van der Waals surface area contributed by atoms with Crippen molar-refractivity contribution in [2.24, 2.45) is 0 Å². The van der Waals surface area contributed by atoms with Crippen molar-refractivity contribution in [3.63, 3.8) is 0 Å². The maximum atomic E-state index is 13.6. The van der Waals surface area contributed by atoms with Crippen molar-refractivity contribution in [3.05, 3.63) is 46.5 Å². The van der Waals surface area contributed by atoms with Crippen molar-refractivity contribution in [3.8, 4) is 6.07 Å². The van der Waals surface area contributed by atoms with Crippen LogP contribution in [0.2, 0.25) is 0 Å². The molecule has 35 heavy (non-hydrogen) atoms. The van der Waals surface area contributed by atoms with Gasteiger partial charge >= 0.3 is 6.03 Å². The predicted molar refractivity (Wildman–Crippen MR) is 121 cm³/mol. The molecule has 0 bridgehead atoms. The van der Waals surface area contributed by atoms with Gasteiger partial charge in [0.1, 0.15) is 23.7 Å². The standard InChI is InChI=1S/C21H24FN7O5S/c1-12-6-18-16(11-28(12)21(31)25-14-4-5-17(22)13(7-14)8-23)19-20(30)27(2)34-15(10-29(19)26-18)9-24-35(3,32)33/h4-5,7,12,15,24H,6,9-11H2,1-3H3,(H,25,31)/t12-,15+/m1/s1. The molecule has 0 fully saturated rings. The van der Waals surface area contributed by atoms with Crippen molar-refractivity contribution in [2.75, 3.05) is 25.2 Å². The zero-order valence-corrected chi connectivity index (χ0v) is 20.1. The molecule has 0 radical (unpaired) electrons. The lowest BCUT2D eigenvalue weighted by atomic mass is 9.99. The lowest BCUT2D eigenvalue weighted by Gasteiger charge is -2.33. The first-order chi connectivity index (χ1) is 16.5. The van der Waals surface area contributed by atoms with Crippen molar-refractivity contribution in [1.29, 1.82) is 5.26 Å². The quantitative estimate of drug-likeness (QED) is 0.624. The van der Waals surface area contributed by atoms with E-state index < -0.39 is 33.9 Å². The number of fused-ring (bicyclic) bond motifs is 3. The van der Waals surface area contributed by atoms with Gasteiger partial charge in [0.05, 0.1) is 30.6 Å². The van der Waals surface area contributed by atoms with E-state index in [0.717, 1.165) is 17.4 Å². The summed E-state index contributed by atoms with van der Waals surface area (Å²) in [6.07, 6.45) is 0.746. The number of hydroxylamine groups is 2. The molecule has 0 unspecified atom stereocenters. The first kappa shape index (κ1) is 24.6. The van der Waals surface area contributed by atoms with Gasteiger partial charge in [0.25, 0.3) is 5.91 Å². The van der Waals surface area contributed by atoms with Gasteiger partial charge in [0.15, 0.2) is 0 Å². The Morgan fingerprint density at radius 2 is 2.14 bits per heavy atom. The number of nitrogens with zero attached hydrogens (tertiary/aromatic N) is 5. The summed E-state index contributed by atoms with van der Waals surface area (Å²) >= 11 is 0. The summed E-state index contributed by atoms with van der Waals surface area (Å²) in [6, 6.07) is 4.72. The van der Waals surface area contributed by atoms with Crippen LogP contribution in [-0.2, 0) is 34.4 Å². The molecule has 0 saturated heterocycles. The van der Waals surface area contributed by atoms with Crippen molar-refractivity contribution >= 4 is 27.6 Å². The second-order valence-corrected chi connectivity index (χ2v) is 10.4. The SMILES string of the molecule is C[C@@H]1Cc2nn3c(c2CN1C(=O)Nc1ccc(F)c(C#N)c1)C(=O)N(C)O[C@@H](CNS(C)(=O)=O)C3. The molecule has 2 aliphatic rings. The van der Waals surface area contributed by atoms with Gasteiger partial charge in [0, 0.05) is 37.3 Å². The Hall–Kier alpha value is -3.54. The van der Waals surface area contributed by atoms with Crippen LogP contribution in [0, 0.1) is 17.1 Å². The minimum atomic E-state index is -3.46. The number of anilines is 1. The number of amides is 3. The van der Waals surface area contributed by atoms with Crippen LogP contribution in [0.15, 0.2) is 18.2 Å². The second kappa shape index (κ2) is 9.25. The number of carbonyl (C=O) groups is 2. The number of halogens is 1. The summed E-state index contributed by atoms with van der Waals surface area (Å²) in [5.74, 6) is -1.15. The number of carbonyl (C=O) groups excluding carboxylic acids is 2. The Morgan fingerprint density at radius 1 is 1.40 bits per heavy atom. The molecular formula is C21H24FN7O5S. The van der Waals surface area contributed by atoms with Crippen molar-refractivity contribution in [1.82, 2.24) is 24.5 Å². The highest BCUT2D eigenvalue weighted by Crippen LogP contribution is 2.29. The minimum absolute atomic E-state index is 0.0479. The minimum Gasteiger partial charge on any atom is -0.317 e. The molecule has 0 spiro atoms. The summed E-state index contributed by atoms with van der Waals surface area (Å²) < 4.78 is 40.5. The fraction of sp³-hybridized carbons (Fsp3) is 0.429. The maximum Gasteiger partial charge on any atom is 0.322 e. The lowest BCUT2D eigenvalue weighted by molar-refractivity contribution is -0.145.